The van der Waals surface area contributed by atoms with Gasteiger partial charge in [0.05, 0.1) is 12.1 Å². The molecule has 0 fully saturated rings. The normalized spacial score (nSPS) is 11.3. The quantitative estimate of drug-likeness (QED) is 0.804. The molecule has 0 aromatic heterocycles. The number of halogens is 3. The minimum absolute atomic E-state index is 0.120. The Labute approximate surface area is 90.8 Å². The highest BCUT2D eigenvalue weighted by Crippen LogP contribution is 2.34. The Balaban J connectivity index is 3.22. The van der Waals surface area contributed by atoms with Crippen LogP contribution in [0, 0.1) is 0 Å². The van der Waals surface area contributed by atoms with E-state index in [1.807, 2.05) is 0 Å². The van der Waals surface area contributed by atoms with Crippen molar-refractivity contribution in [1.29, 1.82) is 0 Å². The van der Waals surface area contributed by atoms with Crippen LogP contribution < -0.4 is 4.74 Å². The molecule has 0 aliphatic carbocycles. The molecule has 1 aromatic carbocycles. The molecule has 0 atom stereocenters. The van der Waals surface area contributed by atoms with Crippen molar-refractivity contribution in [3.05, 3.63) is 28.8 Å². The Morgan fingerprint density at radius 1 is 1.47 bits per heavy atom. The highest BCUT2D eigenvalue weighted by molar-refractivity contribution is 6.32. The van der Waals surface area contributed by atoms with Crippen LogP contribution in [0.4, 0.5) is 8.78 Å². The lowest BCUT2D eigenvalue weighted by Crippen LogP contribution is -2.22. The summed E-state index contributed by atoms with van der Waals surface area (Å²) in [6.45, 7) is 0.834. The van der Waals surface area contributed by atoms with Gasteiger partial charge in [0.2, 0.25) is 5.78 Å². The molecule has 0 saturated carbocycles. The number of hydrogen-bond donors (Lipinski definition) is 0. The zero-order chi connectivity index (χ0) is 11.6. The predicted molar refractivity (Wildman–Crippen MR) is 52.6 cm³/mol. The minimum Gasteiger partial charge on any atom is -0.495 e. The van der Waals surface area contributed by atoms with Gasteiger partial charge in [-0.3, -0.25) is 4.79 Å². The van der Waals surface area contributed by atoms with Crippen molar-refractivity contribution in [2.45, 2.75) is 12.8 Å². The summed E-state index contributed by atoms with van der Waals surface area (Å²) in [5.74, 6) is -4.60. The van der Waals surface area contributed by atoms with Crippen molar-refractivity contribution in [2.75, 3.05) is 7.11 Å². The van der Waals surface area contributed by atoms with Gasteiger partial charge in [0.1, 0.15) is 5.75 Å². The fourth-order valence-electron chi connectivity index (χ4n) is 1.06. The third-order valence-corrected chi connectivity index (χ3v) is 2.27. The molecule has 0 amide bonds. The van der Waals surface area contributed by atoms with Gasteiger partial charge in [-0.05, 0) is 12.1 Å². The lowest BCUT2D eigenvalue weighted by atomic mass is 10.1. The molecule has 0 radical (unpaired) electrons. The van der Waals surface area contributed by atoms with Crippen LogP contribution in [-0.4, -0.2) is 12.9 Å². The van der Waals surface area contributed by atoms with Crippen LogP contribution in [0.25, 0.3) is 0 Å². The van der Waals surface area contributed by atoms with E-state index in [4.69, 9.17) is 16.3 Å². The third kappa shape index (κ3) is 2.26. The summed E-state index contributed by atoms with van der Waals surface area (Å²) in [6.07, 6.45) is 0. The Morgan fingerprint density at radius 2 is 2.07 bits per heavy atom. The molecular formula is C10H9ClF2O2. The van der Waals surface area contributed by atoms with E-state index in [2.05, 4.69) is 0 Å². The summed E-state index contributed by atoms with van der Waals surface area (Å²) in [4.78, 5) is 10.7. The first kappa shape index (κ1) is 11.9. The highest BCUT2D eigenvalue weighted by atomic mass is 35.5. The molecule has 1 aromatic rings. The second-order valence-electron chi connectivity index (χ2n) is 2.98. The lowest BCUT2D eigenvalue weighted by Gasteiger charge is -2.14. The summed E-state index contributed by atoms with van der Waals surface area (Å²) < 4.78 is 31.3. The van der Waals surface area contributed by atoms with Gasteiger partial charge in [-0.2, -0.15) is 8.78 Å². The SMILES string of the molecule is COc1cc(C(F)(F)C(C)=O)ccc1Cl. The van der Waals surface area contributed by atoms with Crippen LogP contribution in [0.5, 0.6) is 5.75 Å². The number of methoxy groups -OCH3 is 1. The number of ketones is 1. The van der Waals surface area contributed by atoms with Crippen LogP contribution in [-0.2, 0) is 10.7 Å². The second-order valence-corrected chi connectivity index (χ2v) is 3.39. The van der Waals surface area contributed by atoms with Gasteiger partial charge in [0.15, 0.2) is 0 Å². The standard InChI is InChI=1S/C10H9ClF2O2/c1-6(14)10(12,13)7-3-4-8(11)9(5-7)15-2/h3-5H,1-2H3. The average Bonchev–Trinajstić information content (AvgIpc) is 2.18. The Bertz CT molecular complexity index is 391. The maximum Gasteiger partial charge on any atom is 0.330 e. The number of hydrogen-bond acceptors (Lipinski definition) is 2. The molecule has 82 valence electrons. The van der Waals surface area contributed by atoms with Crippen molar-refractivity contribution in [3.63, 3.8) is 0 Å². The first-order valence-electron chi connectivity index (χ1n) is 4.12. The summed E-state index contributed by atoms with van der Waals surface area (Å²) in [7, 11) is 1.32. The number of carbonyl (C=O) groups is 1. The van der Waals surface area contributed by atoms with E-state index in [9.17, 15) is 13.6 Å². The van der Waals surface area contributed by atoms with E-state index >= 15 is 0 Å². The number of alkyl halides is 2. The molecule has 0 unspecified atom stereocenters. The summed E-state index contributed by atoms with van der Waals surface area (Å²) in [6, 6.07) is 3.43. The average molecular weight is 235 g/mol. The second kappa shape index (κ2) is 4.14. The van der Waals surface area contributed by atoms with E-state index in [1.165, 1.54) is 13.2 Å². The van der Waals surface area contributed by atoms with E-state index < -0.39 is 17.3 Å². The topological polar surface area (TPSA) is 26.3 Å². The molecule has 0 saturated heterocycles. The summed E-state index contributed by atoms with van der Waals surface area (Å²) in [5.41, 5.74) is -0.420. The van der Waals surface area contributed by atoms with Gasteiger partial charge in [-0.25, -0.2) is 0 Å². The van der Waals surface area contributed by atoms with Gasteiger partial charge in [0.25, 0.3) is 0 Å². The van der Waals surface area contributed by atoms with Crippen molar-refractivity contribution in [2.24, 2.45) is 0 Å². The maximum atomic E-state index is 13.3. The van der Waals surface area contributed by atoms with Crippen LogP contribution >= 0.6 is 11.6 Å². The molecule has 2 nitrogen and oxygen atoms in total. The fraction of sp³-hybridized carbons (Fsp3) is 0.300. The van der Waals surface area contributed by atoms with Gasteiger partial charge in [-0.1, -0.05) is 17.7 Å². The van der Waals surface area contributed by atoms with E-state index in [0.717, 1.165) is 19.1 Å². The number of Topliss-reactive ketones (excluding diaryl/α,β-unsaturated/α-hetero) is 1. The van der Waals surface area contributed by atoms with Crippen LogP contribution in [0.1, 0.15) is 12.5 Å². The monoisotopic (exact) mass is 234 g/mol. The first-order valence-corrected chi connectivity index (χ1v) is 4.50. The molecule has 15 heavy (non-hydrogen) atoms. The van der Waals surface area contributed by atoms with Crippen LogP contribution in [0.2, 0.25) is 5.02 Å². The van der Waals surface area contributed by atoms with Gasteiger partial charge in [-0.15, -0.1) is 0 Å². The predicted octanol–water partition coefficient (Wildman–Crippen LogP) is 3.03. The summed E-state index contributed by atoms with van der Waals surface area (Å²) >= 11 is 5.67. The number of rotatable bonds is 3. The zero-order valence-corrected chi connectivity index (χ0v) is 8.94. The zero-order valence-electron chi connectivity index (χ0n) is 8.18. The molecule has 0 heterocycles. The Morgan fingerprint density at radius 3 is 2.53 bits per heavy atom. The number of carbonyl (C=O) groups excluding carboxylic acids is 1. The van der Waals surface area contributed by atoms with Gasteiger partial charge in [0, 0.05) is 12.5 Å². The van der Waals surface area contributed by atoms with Gasteiger partial charge >= 0.3 is 5.92 Å². The van der Waals surface area contributed by atoms with Crippen LogP contribution in [0.15, 0.2) is 18.2 Å². The van der Waals surface area contributed by atoms with Crippen molar-refractivity contribution in [3.8, 4) is 5.75 Å². The first-order chi connectivity index (χ1) is 6.89. The molecule has 5 heteroatoms. The van der Waals surface area contributed by atoms with Crippen molar-refractivity contribution >= 4 is 17.4 Å². The largest absolute Gasteiger partial charge is 0.495 e. The molecule has 0 N–H and O–H groups in total. The Hall–Kier alpha value is -1.16. The molecule has 0 spiro atoms. The van der Waals surface area contributed by atoms with E-state index in [0.29, 0.717) is 0 Å². The van der Waals surface area contributed by atoms with E-state index in [1.54, 1.807) is 0 Å². The van der Waals surface area contributed by atoms with Crippen molar-refractivity contribution < 1.29 is 18.3 Å². The number of ether oxygens (including phenoxy) is 1. The molecule has 1 rings (SSSR count). The number of benzene rings is 1. The van der Waals surface area contributed by atoms with Gasteiger partial charge < -0.3 is 4.74 Å². The smallest absolute Gasteiger partial charge is 0.330 e. The summed E-state index contributed by atoms with van der Waals surface area (Å²) in [5, 5.41) is 0.223. The maximum absolute atomic E-state index is 13.3. The molecule has 0 bridgehead atoms. The molecular weight excluding hydrogens is 226 g/mol. The molecule has 0 aliphatic rings. The fourth-order valence-corrected chi connectivity index (χ4v) is 1.25. The van der Waals surface area contributed by atoms with Crippen LogP contribution in [0.3, 0.4) is 0 Å². The lowest BCUT2D eigenvalue weighted by molar-refractivity contribution is -0.141. The third-order valence-electron chi connectivity index (χ3n) is 1.96. The minimum atomic E-state index is -3.50. The van der Waals surface area contributed by atoms with E-state index in [-0.39, 0.29) is 10.8 Å². The van der Waals surface area contributed by atoms with Crippen molar-refractivity contribution in [1.82, 2.24) is 0 Å². The molecule has 0 aliphatic heterocycles. The highest BCUT2D eigenvalue weighted by Gasteiger charge is 2.37. The Kier molecular flexibility index (Phi) is 3.29.